The van der Waals surface area contributed by atoms with E-state index in [2.05, 4.69) is 21.2 Å². The van der Waals surface area contributed by atoms with Gasteiger partial charge in [-0.15, -0.1) is 0 Å². The Kier molecular flexibility index (Phi) is 4.17. The molecule has 0 radical (unpaired) electrons. The lowest BCUT2D eigenvalue weighted by atomic mass is 10.2. The van der Waals surface area contributed by atoms with Crippen LogP contribution < -0.4 is 5.32 Å². The first-order valence-corrected chi connectivity index (χ1v) is 6.36. The maximum absolute atomic E-state index is 13.0. The molecule has 2 aromatic carbocycles. The predicted octanol–water partition coefficient (Wildman–Crippen LogP) is 4.63. The molecule has 0 heterocycles. The molecule has 6 heteroatoms. The minimum absolute atomic E-state index is 0.0285. The number of nitrogens with one attached hydrogen (secondary N) is 1. The first-order chi connectivity index (χ1) is 8.97. The van der Waals surface area contributed by atoms with E-state index in [1.165, 1.54) is 6.07 Å². The Labute approximate surface area is 121 Å². The van der Waals surface area contributed by atoms with Crippen molar-refractivity contribution in [1.29, 1.82) is 0 Å². The highest BCUT2D eigenvalue weighted by molar-refractivity contribution is 9.10. The van der Waals surface area contributed by atoms with E-state index in [0.29, 0.717) is 15.2 Å². The van der Waals surface area contributed by atoms with Crippen molar-refractivity contribution in [1.82, 2.24) is 0 Å². The SMILES string of the molecule is O=C(Nc1ccc(Cl)cc1Br)c1ccc(F)c(F)c1. The van der Waals surface area contributed by atoms with Gasteiger partial charge < -0.3 is 5.32 Å². The van der Waals surface area contributed by atoms with Crippen LogP contribution in [0, 0.1) is 11.6 Å². The summed E-state index contributed by atoms with van der Waals surface area (Å²) in [5.74, 6) is -2.60. The molecule has 0 unspecified atom stereocenters. The fourth-order valence-electron chi connectivity index (χ4n) is 1.42. The average molecular weight is 347 g/mol. The highest BCUT2D eigenvalue weighted by Gasteiger charge is 2.11. The molecular weight excluding hydrogens is 340 g/mol. The van der Waals surface area contributed by atoms with Crippen LogP contribution in [-0.2, 0) is 0 Å². The molecule has 19 heavy (non-hydrogen) atoms. The number of hydrogen-bond donors (Lipinski definition) is 1. The second kappa shape index (κ2) is 5.67. The lowest BCUT2D eigenvalue weighted by Crippen LogP contribution is -2.12. The van der Waals surface area contributed by atoms with Crippen LogP contribution in [0.25, 0.3) is 0 Å². The van der Waals surface area contributed by atoms with Crippen molar-refractivity contribution < 1.29 is 13.6 Å². The first kappa shape index (κ1) is 14.0. The third kappa shape index (κ3) is 3.30. The van der Waals surface area contributed by atoms with E-state index in [1.54, 1.807) is 18.2 Å². The van der Waals surface area contributed by atoms with Crippen molar-refractivity contribution >= 4 is 39.1 Å². The molecule has 0 aliphatic carbocycles. The number of amides is 1. The fourth-order valence-corrected chi connectivity index (χ4v) is 2.20. The largest absolute Gasteiger partial charge is 0.321 e. The summed E-state index contributed by atoms with van der Waals surface area (Å²) in [7, 11) is 0. The van der Waals surface area contributed by atoms with Gasteiger partial charge in [0.2, 0.25) is 0 Å². The number of benzene rings is 2. The number of halogens is 4. The van der Waals surface area contributed by atoms with Gasteiger partial charge in [-0.05, 0) is 52.3 Å². The second-order valence-corrected chi connectivity index (χ2v) is 5.00. The predicted molar refractivity (Wildman–Crippen MR) is 73.5 cm³/mol. The summed E-state index contributed by atoms with van der Waals surface area (Å²) in [5.41, 5.74) is 0.514. The van der Waals surface area contributed by atoms with Gasteiger partial charge in [0.05, 0.1) is 5.69 Å². The minimum Gasteiger partial charge on any atom is -0.321 e. The molecule has 0 bridgehead atoms. The lowest BCUT2D eigenvalue weighted by molar-refractivity contribution is 0.102. The van der Waals surface area contributed by atoms with E-state index in [9.17, 15) is 13.6 Å². The summed E-state index contributed by atoms with van der Waals surface area (Å²) in [4.78, 5) is 11.9. The van der Waals surface area contributed by atoms with Gasteiger partial charge >= 0.3 is 0 Å². The van der Waals surface area contributed by atoms with E-state index in [-0.39, 0.29) is 5.56 Å². The van der Waals surface area contributed by atoms with Gasteiger partial charge in [0.25, 0.3) is 5.91 Å². The minimum atomic E-state index is -1.07. The smallest absolute Gasteiger partial charge is 0.255 e. The highest BCUT2D eigenvalue weighted by atomic mass is 79.9. The van der Waals surface area contributed by atoms with Gasteiger partial charge in [-0.3, -0.25) is 4.79 Å². The normalized spacial score (nSPS) is 10.3. The fraction of sp³-hybridized carbons (Fsp3) is 0. The Morgan fingerprint density at radius 2 is 1.84 bits per heavy atom. The second-order valence-electron chi connectivity index (χ2n) is 3.71. The molecule has 0 aromatic heterocycles. The molecule has 2 aromatic rings. The molecule has 1 amide bonds. The van der Waals surface area contributed by atoms with Crippen LogP contribution in [0.1, 0.15) is 10.4 Å². The molecule has 0 saturated carbocycles. The van der Waals surface area contributed by atoms with Crippen molar-refractivity contribution in [3.63, 3.8) is 0 Å². The zero-order chi connectivity index (χ0) is 14.0. The molecular formula is C13H7BrClF2NO. The van der Waals surface area contributed by atoms with Crippen LogP contribution in [0.2, 0.25) is 5.02 Å². The van der Waals surface area contributed by atoms with Gasteiger partial charge in [0, 0.05) is 15.1 Å². The van der Waals surface area contributed by atoms with Crippen molar-refractivity contribution in [3.8, 4) is 0 Å². The van der Waals surface area contributed by atoms with Gasteiger partial charge in [-0.25, -0.2) is 8.78 Å². The van der Waals surface area contributed by atoms with E-state index >= 15 is 0 Å². The number of rotatable bonds is 2. The molecule has 1 N–H and O–H groups in total. The molecule has 0 fully saturated rings. The molecule has 0 atom stereocenters. The Hall–Kier alpha value is -1.46. The van der Waals surface area contributed by atoms with E-state index < -0.39 is 17.5 Å². The lowest BCUT2D eigenvalue weighted by Gasteiger charge is -2.08. The highest BCUT2D eigenvalue weighted by Crippen LogP contribution is 2.26. The summed E-state index contributed by atoms with van der Waals surface area (Å²) >= 11 is 9.02. The monoisotopic (exact) mass is 345 g/mol. The molecule has 98 valence electrons. The molecule has 0 spiro atoms. The maximum atomic E-state index is 13.0. The van der Waals surface area contributed by atoms with Crippen LogP contribution in [0.4, 0.5) is 14.5 Å². The molecule has 0 saturated heterocycles. The quantitative estimate of drug-likeness (QED) is 0.844. The summed E-state index contributed by atoms with van der Waals surface area (Å²) < 4.78 is 26.4. The summed E-state index contributed by atoms with van der Waals surface area (Å²) in [6, 6.07) is 7.77. The van der Waals surface area contributed by atoms with Crippen molar-refractivity contribution in [2.24, 2.45) is 0 Å². The summed E-state index contributed by atoms with van der Waals surface area (Å²) in [6.07, 6.45) is 0. The van der Waals surface area contributed by atoms with E-state index in [0.717, 1.165) is 12.1 Å². The zero-order valence-corrected chi connectivity index (χ0v) is 11.7. The number of carbonyl (C=O) groups excluding carboxylic acids is 1. The molecule has 0 aliphatic heterocycles. The Bertz CT molecular complexity index is 649. The Balaban J connectivity index is 2.23. The van der Waals surface area contributed by atoms with Gasteiger partial charge in [0.1, 0.15) is 0 Å². The third-order valence-electron chi connectivity index (χ3n) is 2.36. The number of hydrogen-bond acceptors (Lipinski definition) is 1. The van der Waals surface area contributed by atoms with Crippen LogP contribution in [0.3, 0.4) is 0 Å². The van der Waals surface area contributed by atoms with Crippen molar-refractivity contribution in [2.75, 3.05) is 5.32 Å². The first-order valence-electron chi connectivity index (χ1n) is 5.19. The number of anilines is 1. The zero-order valence-electron chi connectivity index (χ0n) is 9.38. The van der Waals surface area contributed by atoms with Gasteiger partial charge in [-0.1, -0.05) is 11.6 Å². The maximum Gasteiger partial charge on any atom is 0.255 e. The van der Waals surface area contributed by atoms with Crippen molar-refractivity contribution in [2.45, 2.75) is 0 Å². The van der Waals surface area contributed by atoms with Crippen LogP contribution in [0.15, 0.2) is 40.9 Å². The third-order valence-corrected chi connectivity index (χ3v) is 3.25. The molecule has 2 rings (SSSR count). The molecule has 0 aliphatic rings. The van der Waals surface area contributed by atoms with Crippen LogP contribution in [-0.4, -0.2) is 5.91 Å². The van der Waals surface area contributed by atoms with Gasteiger partial charge in [0.15, 0.2) is 11.6 Å². The molecule has 2 nitrogen and oxygen atoms in total. The standard InChI is InChI=1S/C13H7BrClF2NO/c14-9-6-8(15)2-4-12(9)18-13(19)7-1-3-10(16)11(17)5-7/h1-6H,(H,18,19). The Morgan fingerprint density at radius 1 is 1.11 bits per heavy atom. The van der Waals surface area contributed by atoms with E-state index in [4.69, 9.17) is 11.6 Å². The number of carbonyl (C=O) groups is 1. The average Bonchev–Trinajstić information content (AvgIpc) is 2.36. The van der Waals surface area contributed by atoms with Crippen LogP contribution in [0.5, 0.6) is 0 Å². The van der Waals surface area contributed by atoms with E-state index in [1.807, 2.05) is 0 Å². The summed E-state index contributed by atoms with van der Waals surface area (Å²) in [5, 5.41) is 3.08. The van der Waals surface area contributed by atoms with Gasteiger partial charge in [-0.2, -0.15) is 0 Å². The summed E-state index contributed by atoms with van der Waals surface area (Å²) in [6.45, 7) is 0. The Morgan fingerprint density at radius 3 is 2.47 bits per heavy atom. The topological polar surface area (TPSA) is 29.1 Å². The van der Waals surface area contributed by atoms with Crippen LogP contribution >= 0.6 is 27.5 Å². The van der Waals surface area contributed by atoms with Crippen molar-refractivity contribution in [3.05, 3.63) is 63.1 Å².